The van der Waals surface area contributed by atoms with E-state index in [1.54, 1.807) is 12.4 Å². The molecule has 0 radical (unpaired) electrons. The zero-order chi connectivity index (χ0) is 19.4. The van der Waals surface area contributed by atoms with Crippen molar-refractivity contribution in [2.75, 3.05) is 5.32 Å². The van der Waals surface area contributed by atoms with Crippen molar-refractivity contribution in [2.45, 2.75) is 36.1 Å². The minimum absolute atomic E-state index is 0.130. The van der Waals surface area contributed by atoms with Gasteiger partial charge < -0.3 is 9.73 Å². The maximum atomic E-state index is 13.6. The number of benzene rings is 1. The molecule has 0 bridgehead atoms. The molecule has 2 heterocycles. The van der Waals surface area contributed by atoms with E-state index in [0.717, 1.165) is 22.1 Å². The van der Waals surface area contributed by atoms with Crippen molar-refractivity contribution < 1.29 is 18.0 Å². The highest BCUT2D eigenvalue weighted by molar-refractivity contribution is 8.00. The largest absolute Gasteiger partial charge is 0.445 e. The van der Waals surface area contributed by atoms with Gasteiger partial charge in [0, 0.05) is 12.0 Å². The lowest BCUT2D eigenvalue weighted by atomic mass is 10.1. The van der Waals surface area contributed by atoms with Crippen LogP contribution in [0.25, 0.3) is 0 Å². The predicted octanol–water partition coefficient (Wildman–Crippen LogP) is 5.01. The summed E-state index contributed by atoms with van der Waals surface area (Å²) in [5.74, 6) is 0.485. The fourth-order valence-corrected chi connectivity index (χ4v) is 3.92. The van der Waals surface area contributed by atoms with Crippen LogP contribution >= 0.6 is 23.1 Å². The van der Waals surface area contributed by atoms with Crippen LogP contribution in [0.2, 0.25) is 0 Å². The topological polar surface area (TPSA) is 68.0 Å². The van der Waals surface area contributed by atoms with E-state index in [9.17, 15) is 13.6 Å². The Labute approximate surface area is 163 Å². The molecule has 0 fully saturated rings. The van der Waals surface area contributed by atoms with Crippen LogP contribution < -0.4 is 5.32 Å². The Morgan fingerprint density at radius 1 is 1.30 bits per heavy atom. The Kier molecular flexibility index (Phi) is 6.22. The number of aromatic nitrogens is 2. The minimum Gasteiger partial charge on any atom is -0.445 e. The second-order valence-electron chi connectivity index (χ2n) is 6.04. The quantitative estimate of drug-likeness (QED) is 0.556. The molecule has 5 nitrogen and oxygen atoms in total. The van der Waals surface area contributed by atoms with Crippen LogP contribution in [-0.2, 0) is 17.0 Å². The number of nitrogens with zero attached hydrogens (tertiary/aromatic N) is 2. The summed E-state index contributed by atoms with van der Waals surface area (Å²) in [7, 11) is 0. The molecular formula is C18H17F2N3O2S2. The van der Waals surface area contributed by atoms with E-state index < -0.39 is 17.5 Å². The van der Waals surface area contributed by atoms with Crippen molar-refractivity contribution in [3.8, 4) is 0 Å². The number of thiazole rings is 1. The first-order valence-electron chi connectivity index (χ1n) is 8.17. The maximum absolute atomic E-state index is 13.6. The smallest absolute Gasteiger partial charge is 0.230 e. The summed E-state index contributed by atoms with van der Waals surface area (Å²) in [4.78, 5) is 20.4. The molecule has 3 rings (SSSR count). The Morgan fingerprint density at radius 2 is 2.11 bits per heavy atom. The molecule has 0 spiro atoms. The molecule has 0 aliphatic heterocycles. The molecule has 142 valence electrons. The van der Waals surface area contributed by atoms with Crippen LogP contribution in [-0.4, -0.2) is 15.9 Å². The van der Waals surface area contributed by atoms with Crippen LogP contribution in [0.3, 0.4) is 0 Å². The van der Waals surface area contributed by atoms with Crippen molar-refractivity contribution >= 4 is 34.1 Å². The van der Waals surface area contributed by atoms with Crippen molar-refractivity contribution in [2.24, 2.45) is 0 Å². The van der Waals surface area contributed by atoms with Crippen molar-refractivity contribution in [3.05, 3.63) is 59.4 Å². The van der Waals surface area contributed by atoms with Crippen molar-refractivity contribution in [1.29, 1.82) is 0 Å². The molecule has 0 saturated heterocycles. The number of hydrogen-bond acceptors (Lipinski definition) is 6. The molecule has 0 saturated carbocycles. The number of anilines is 1. The molecule has 0 aliphatic rings. The van der Waals surface area contributed by atoms with Gasteiger partial charge >= 0.3 is 0 Å². The van der Waals surface area contributed by atoms with Crippen LogP contribution in [0.15, 0.2) is 39.2 Å². The molecule has 0 aliphatic carbocycles. The third-order valence-corrected chi connectivity index (χ3v) is 5.67. The number of halogens is 2. The van der Waals surface area contributed by atoms with E-state index in [-0.39, 0.29) is 17.9 Å². The van der Waals surface area contributed by atoms with Gasteiger partial charge in [0.1, 0.15) is 17.4 Å². The van der Waals surface area contributed by atoms with Gasteiger partial charge in [-0.1, -0.05) is 31.3 Å². The molecule has 1 aromatic carbocycles. The van der Waals surface area contributed by atoms with E-state index in [1.165, 1.54) is 29.2 Å². The molecule has 9 heteroatoms. The number of thioether (sulfide) groups is 1. The van der Waals surface area contributed by atoms with Crippen LogP contribution in [0.1, 0.15) is 37.0 Å². The summed E-state index contributed by atoms with van der Waals surface area (Å²) < 4.78 is 33.1. The molecule has 27 heavy (non-hydrogen) atoms. The van der Waals surface area contributed by atoms with Gasteiger partial charge in [0.25, 0.3) is 0 Å². The maximum Gasteiger partial charge on any atom is 0.230 e. The molecule has 0 unspecified atom stereocenters. The van der Waals surface area contributed by atoms with Gasteiger partial charge in [0.05, 0.1) is 28.8 Å². The highest BCUT2D eigenvalue weighted by atomic mass is 32.2. The lowest BCUT2D eigenvalue weighted by molar-refractivity contribution is -0.115. The standard InChI is InChI=1S/C18H17F2N3O2S2/c1-10(2)14-7-21-16(25-14)9-26-17-8-22-18(27-17)23-15(24)5-11-3-4-12(19)6-13(11)20/h3-4,6-8,10H,5,9H2,1-2H3,(H,22,23,24). The summed E-state index contributed by atoms with van der Waals surface area (Å²) in [6, 6.07) is 3.14. The van der Waals surface area contributed by atoms with Crippen LogP contribution in [0.5, 0.6) is 0 Å². The lowest BCUT2D eigenvalue weighted by Gasteiger charge is -2.03. The van der Waals surface area contributed by atoms with Gasteiger partial charge in [-0.3, -0.25) is 4.79 Å². The first-order chi connectivity index (χ1) is 12.9. The van der Waals surface area contributed by atoms with Gasteiger partial charge in [0.2, 0.25) is 11.8 Å². The number of rotatable bonds is 7. The molecular weight excluding hydrogens is 392 g/mol. The average molecular weight is 409 g/mol. The number of oxazole rings is 1. The Morgan fingerprint density at radius 3 is 2.81 bits per heavy atom. The van der Waals surface area contributed by atoms with Gasteiger partial charge in [-0.2, -0.15) is 0 Å². The summed E-state index contributed by atoms with van der Waals surface area (Å²) in [5, 5.41) is 3.04. The highest BCUT2D eigenvalue weighted by Gasteiger charge is 2.13. The molecule has 2 aromatic heterocycles. The second-order valence-corrected chi connectivity index (χ2v) is 8.35. The average Bonchev–Trinajstić information content (AvgIpc) is 3.25. The monoisotopic (exact) mass is 409 g/mol. The summed E-state index contributed by atoms with van der Waals surface area (Å²) in [6.07, 6.45) is 3.19. The second kappa shape index (κ2) is 8.62. The Bertz CT molecular complexity index is 940. The zero-order valence-electron chi connectivity index (χ0n) is 14.7. The van der Waals surface area contributed by atoms with Gasteiger partial charge in [0.15, 0.2) is 5.13 Å². The Hall–Kier alpha value is -2.26. The van der Waals surface area contributed by atoms with E-state index in [1.807, 2.05) is 13.8 Å². The van der Waals surface area contributed by atoms with Gasteiger partial charge in [-0.05, 0) is 11.6 Å². The summed E-state index contributed by atoms with van der Waals surface area (Å²) in [5.41, 5.74) is 0.130. The minimum atomic E-state index is -0.743. The normalized spacial score (nSPS) is 11.1. The zero-order valence-corrected chi connectivity index (χ0v) is 16.3. The number of nitrogens with one attached hydrogen (secondary N) is 1. The number of carbonyl (C=O) groups excluding carboxylic acids is 1. The van der Waals surface area contributed by atoms with Gasteiger partial charge in [-0.25, -0.2) is 18.7 Å². The summed E-state index contributed by atoms with van der Waals surface area (Å²) in [6.45, 7) is 4.07. The fraction of sp³-hybridized carbons (Fsp3) is 0.278. The fourth-order valence-electron chi connectivity index (χ4n) is 2.18. The number of hydrogen-bond donors (Lipinski definition) is 1. The van der Waals surface area contributed by atoms with E-state index in [4.69, 9.17) is 4.42 Å². The van der Waals surface area contributed by atoms with Crippen molar-refractivity contribution in [3.63, 3.8) is 0 Å². The van der Waals surface area contributed by atoms with E-state index in [0.29, 0.717) is 16.8 Å². The van der Waals surface area contributed by atoms with E-state index >= 15 is 0 Å². The molecule has 0 atom stereocenters. The number of amides is 1. The third kappa shape index (κ3) is 5.36. The third-order valence-electron chi connectivity index (χ3n) is 3.58. The van der Waals surface area contributed by atoms with Crippen LogP contribution in [0, 0.1) is 11.6 Å². The summed E-state index contributed by atoms with van der Waals surface area (Å²) >= 11 is 2.81. The molecule has 1 amide bonds. The first kappa shape index (κ1) is 19.5. The van der Waals surface area contributed by atoms with E-state index in [2.05, 4.69) is 15.3 Å². The van der Waals surface area contributed by atoms with Gasteiger partial charge in [-0.15, -0.1) is 11.8 Å². The SMILES string of the molecule is CC(C)c1cnc(CSc2cnc(NC(=O)Cc3ccc(F)cc3F)s2)o1. The first-order valence-corrected chi connectivity index (χ1v) is 9.98. The Balaban J connectivity index is 1.53. The predicted molar refractivity (Wildman–Crippen MR) is 101 cm³/mol. The molecule has 3 aromatic rings. The highest BCUT2D eigenvalue weighted by Crippen LogP contribution is 2.31. The number of carbonyl (C=O) groups is 1. The van der Waals surface area contributed by atoms with Crippen molar-refractivity contribution in [1.82, 2.24) is 9.97 Å². The lowest BCUT2D eigenvalue weighted by Crippen LogP contribution is -2.15. The van der Waals surface area contributed by atoms with Crippen LogP contribution in [0.4, 0.5) is 13.9 Å². The molecule has 1 N–H and O–H groups in total.